The van der Waals surface area contributed by atoms with Gasteiger partial charge in [0.15, 0.2) is 0 Å². The molecule has 0 aliphatic rings. The van der Waals surface area contributed by atoms with Crippen molar-refractivity contribution in [3.63, 3.8) is 0 Å². The van der Waals surface area contributed by atoms with Crippen LogP contribution >= 0.6 is 0 Å². The van der Waals surface area contributed by atoms with Gasteiger partial charge in [-0.2, -0.15) is 0 Å². The topological polar surface area (TPSA) is 82.5 Å². The molecule has 0 aromatic carbocycles. The van der Waals surface area contributed by atoms with E-state index < -0.39 is 0 Å². The third-order valence-corrected chi connectivity index (χ3v) is 2.50. The molecule has 0 unspecified atom stereocenters. The highest BCUT2D eigenvalue weighted by Crippen LogP contribution is 2.14. The molecular formula is C11H16N6. The van der Waals surface area contributed by atoms with E-state index in [1.165, 1.54) is 0 Å². The summed E-state index contributed by atoms with van der Waals surface area (Å²) >= 11 is 0. The van der Waals surface area contributed by atoms with Crippen LogP contribution in [0.2, 0.25) is 0 Å². The van der Waals surface area contributed by atoms with Gasteiger partial charge in [0.2, 0.25) is 5.82 Å². The first kappa shape index (κ1) is 11.7. The molecule has 0 aliphatic carbocycles. The fraction of sp³-hybridized carbons (Fsp3) is 0.455. The van der Waals surface area contributed by atoms with Crippen molar-refractivity contribution in [1.29, 1.82) is 0 Å². The summed E-state index contributed by atoms with van der Waals surface area (Å²) in [7, 11) is 0. The highest BCUT2D eigenvalue weighted by molar-refractivity contribution is 5.49. The summed E-state index contributed by atoms with van der Waals surface area (Å²) in [5, 5.41) is 11.7. The number of nitrogens with two attached hydrogens (primary N) is 1. The van der Waals surface area contributed by atoms with Crippen LogP contribution in [-0.2, 0) is 6.54 Å². The molecule has 0 atom stereocenters. The maximum absolute atomic E-state index is 5.46. The molecule has 2 N–H and O–H groups in total. The van der Waals surface area contributed by atoms with E-state index >= 15 is 0 Å². The van der Waals surface area contributed by atoms with Gasteiger partial charge in [-0.25, -0.2) is 4.68 Å². The van der Waals surface area contributed by atoms with Gasteiger partial charge >= 0.3 is 0 Å². The zero-order valence-corrected chi connectivity index (χ0v) is 9.87. The lowest BCUT2D eigenvalue weighted by atomic mass is 10.2. The normalized spacial score (nSPS) is 10.7. The summed E-state index contributed by atoms with van der Waals surface area (Å²) in [4.78, 5) is 4.28. The summed E-state index contributed by atoms with van der Waals surface area (Å²) in [6.07, 6.45) is 3.71. The summed E-state index contributed by atoms with van der Waals surface area (Å²) in [6.45, 7) is 3.49. The predicted octanol–water partition coefficient (Wildman–Crippen LogP) is 0.782. The van der Waals surface area contributed by atoms with E-state index in [1.807, 2.05) is 19.1 Å². The van der Waals surface area contributed by atoms with Crippen LogP contribution in [-0.4, -0.2) is 31.7 Å². The van der Waals surface area contributed by atoms with Gasteiger partial charge in [-0.3, -0.25) is 4.98 Å². The Hall–Kier alpha value is -1.82. The third-order valence-electron chi connectivity index (χ3n) is 2.50. The number of nitrogens with zero attached hydrogens (tertiary/aromatic N) is 5. The molecule has 0 radical (unpaired) electrons. The maximum Gasteiger partial charge on any atom is 0.200 e. The molecule has 6 heteroatoms. The van der Waals surface area contributed by atoms with E-state index in [2.05, 4.69) is 20.5 Å². The molecule has 0 bridgehead atoms. The number of rotatable bonds is 5. The van der Waals surface area contributed by atoms with Crippen LogP contribution in [0.3, 0.4) is 0 Å². The molecule has 0 amide bonds. The molecule has 2 aromatic rings. The lowest BCUT2D eigenvalue weighted by Crippen LogP contribution is -2.06. The molecule has 2 heterocycles. The first-order chi connectivity index (χ1) is 8.31. The van der Waals surface area contributed by atoms with Crippen molar-refractivity contribution in [1.82, 2.24) is 25.2 Å². The first-order valence-corrected chi connectivity index (χ1v) is 5.70. The van der Waals surface area contributed by atoms with Gasteiger partial charge < -0.3 is 5.73 Å². The molecule has 0 saturated heterocycles. The number of tetrazole rings is 1. The highest BCUT2D eigenvalue weighted by Gasteiger charge is 2.09. The van der Waals surface area contributed by atoms with Gasteiger partial charge in [0.05, 0.1) is 0 Å². The van der Waals surface area contributed by atoms with Crippen LogP contribution in [0.15, 0.2) is 18.3 Å². The summed E-state index contributed by atoms with van der Waals surface area (Å²) in [5.74, 6) is 0.714. The molecule has 0 saturated carbocycles. The van der Waals surface area contributed by atoms with Gasteiger partial charge in [-0.1, -0.05) is 0 Å². The predicted molar refractivity (Wildman–Crippen MR) is 64.1 cm³/mol. The Morgan fingerprint density at radius 1 is 1.35 bits per heavy atom. The second-order valence-electron chi connectivity index (χ2n) is 3.94. The second-order valence-corrected chi connectivity index (χ2v) is 3.94. The monoisotopic (exact) mass is 232 g/mol. The largest absolute Gasteiger partial charge is 0.330 e. The lowest BCUT2D eigenvalue weighted by molar-refractivity contribution is 0.548. The van der Waals surface area contributed by atoms with Crippen LogP contribution < -0.4 is 5.73 Å². The van der Waals surface area contributed by atoms with Gasteiger partial charge in [0.1, 0.15) is 5.69 Å². The molecule has 17 heavy (non-hydrogen) atoms. The minimum Gasteiger partial charge on any atom is -0.330 e. The van der Waals surface area contributed by atoms with Crippen LogP contribution in [0.25, 0.3) is 11.5 Å². The number of hydrogen-bond acceptors (Lipinski definition) is 5. The quantitative estimate of drug-likeness (QED) is 0.770. The number of pyridine rings is 1. The van der Waals surface area contributed by atoms with E-state index in [0.717, 1.165) is 30.6 Å². The first-order valence-electron chi connectivity index (χ1n) is 5.70. The number of hydrogen-bond donors (Lipinski definition) is 1. The Bertz CT molecular complexity index is 478. The van der Waals surface area contributed by atoms with Gasteiger partial charge in [-0.15, -0.1) is 5.10 Å². The Morgan fingerprint density at radius 2 is 2.24 bits per heavy atom. The smallest absolute Gasteiger partial charge is 0.200 e. The van der Waals surface area contributed by atoms with Crippen LogP contribution in [0.1, 0.15) is 18.4 Å². The van der Waals surface area contributed by atoms with Crippen LogP contribution in [0.5, 0.6) is 0 Å². The zero-order valence-electron chi connectivity index (χ0n) is 9.87. The number of aryl methyl sites for hydroxylation is 2. The summed E-state index contributed by atoms with van der Waals surface area (Å²) in [6, 6.07) is 3.93. The Balaban J connectivity index is 2.18. The number of aromatic nitrogens is 5. The van der Waals surface area contributed by atoms with E-state index in [4.69, 9.17) is 5.73 Å². The lowest BCUT2D eigenvalue weighted by Gasteiger charge is -2.03. The van der Waals surface area contributed by atoms with E-state index in [0.29, 0.717) is 12.4 Å². The standard InChI is InChI=1S/C11H16N6/c1-9-4-6-13-10(8-9)11-14-15-16-17(11)7-3-2-5-12/h4,6,8H,2-3,5,7,12H2,1H3. The molecule has 0 fully saturated rings. The Labute approximate surface area is 99.9 Å². The second kappa shape index (κ2) is 5.49. The maximum atomic E-state index is 5.46. The van der Waals surface area contributed by atoms with Crippen molar-refractivity contribution < 1.29 is 0 Å². The number of unbranched alkanes of at least 4 members (excludes halogenated alkanes) is 1. The van der Waals surface area contributed by atoms with Gasteiger partial charge in [-0.05, 0) is 54.4 Å². The molecule has 90 valence electrons. The van der Waals surface area contributed by atoms with E-state index in [1.54, 1.807) is 10.9 Å². The van der Waals surface area contributed by atoms with Crippen molar-refractivity contribution in [3.05, 3.63) is 23.9 Å². The molecule has 2 rings (SSSR count). The van der Waals surface area contributed by atoms with Crippen molar-refractivity contribution in [2.45, 2.75) is 26.3 Å². The van der Waals surface area contributed by atoms with E-state index in [9.17, 15) is 0 Å². The highest BCUT2D eigenvalue weighted by atomic mass is 15.5. The van der Waals surface area contributed by atoms with Crippen molar-refractivity contribution >= 4 is 0 Å². The van der Waals surface area contributed by atoms with Crippen molar-refractivity contribution in [3.8, 4) is 11.5 Å². The van der Waals surface area contributed by atoms with Gasteiger partial charge in [0, 0.05) is 12.7 Å². The molecule has 2 aromatic heterocycles. The SMILES string of the molecule is Cc1ccnc(-c2nnnn2CCCCN)c1. The molecule has 0 aliphatic heterocycles. The van der Waals surface area contributed by atoms with Crippen LogP contribution in [0.4, 0.5) is 0 Å². The van der Waals surface area contributed by atoms with Crippen molar-refractivity contribution in [2.24, 2.45) is 5.73 Å². The van der Waals surface area contributed by atoms with E-state index in [-0.39, 0.29) is 0 Å². The van der Waals surface area contributed by atoms with Crippen molar-refractivity contribution in [2.75, 3.05) is 6.54 Å². The summed E-state index contributed by atoms with van der Waals surface area (Å²) < 4.78 is 1.78. The van der Waals surface area contributed by atoms with Gasteiger partial charge in [0.25, 0.3) is 0 Å². The molecule has 0 spiro atoms. The Kier molecular flexibility index (Phi) is 3.77. The fourth-order valence-electron chi connectivity index (χ4n) is 1.60. The average Bonchev–Trinajstić information content (AvgIpc) is 2.78. The minimum atomic E-state index is 0.695. The third kappa shape index (κ3) is 2.85. The molecular weight excluding hydrogens is 216 g/mol. The fourth-order valence-corrected chi connectivity index (χ4v) is 1.60. The Morgan fingerprint density at radius 3 is 3.00 bits per heavy atom. The summed E-state index contributed by atoms with van der Waals surface area (Å²) in [5.41, 5.74) is 7.42. The molecule has 6 nitrogen and oxygen atoms in total. The zero-order chi connectivity index (χ0) is 12.1. The average molecular weight is 232 g/mol. The van der Waals surface area contributed by atoms with Crippen LogP contribution in [0, 0.1) is 6.92 Å². The minimum absolute atomic E-state index is 0.695.